The Morgan fingerprint density at radius 2 is 1.92 bits per heavy atom. The van der Waals surface area contributed by atoms with Crippen molar-refractivity contribution in [2.75, 3.05) is 0 Å². The van der Waals surface area contributed by atoms with Crippen molar-refractivity contribution in [2.24, 2.45) is 0 Å². The van der Waals surface area contributed by atoms with E-state index in [1.165, 1.54) is 19.3 Å². The minimum absolute atomic E-state index is 0.124. The SMILES string of the molecule is O=C(c1ccc2ncsc2c1)N(Cc1ccncc1)C1CCCCC1. The van der Waals surface area contributed by atoms with Gasteiger partial charge < -0.3 is 4.90 Å². The van der Waals surface area contributed by atoms with Gasteiger partial charge in [-0.25, -0.2) is 4.98 Å². The summed E-state index contributed by atoms with van der Waals surface area (Å²) < 4.78 is 1.07. The number of benzene rings is 1. The number of fused-ring (bicyclic) bond motifs is 1. The molecule has 1 saturated carbocycles. The first-order chi connectivity index (χ1) is 12.3. The molecule has 1 aliphatic carbocycles. The maximum absolute atomic E-state index is 13.3. The fourth-order valence-corrected chi connectivity index (χ4v) is 4.31. The molecule has 1 fully saturated rings. The molecule has 1 amide bonds. The Kier molecular flexibility index (Phi) is 4.74. The smallest absolute Gasteiger partial charge is 0.254 e. The second kappa shape index (κ2) is 7.31. The van der Waals surface area contributed by atoms with Gasteiger partial charge in [0.15, 0.2) is 0 Å². The number of thiazole rings is 1. The van der Waals surface area contributed by atoms with E-state index in [4.69, 9.17) is 0 Å². The minimum atomic E-state index is 0.124. The first-order valence-electron chi connectivity index (χ1n) is 8.84. The van der Waals surface area contributed by atoms with Gasteiger partial charge in [-0.2, -0.15) is 0 Å². The highest BCUT2D eigenvalue weighted by Crippen LogP contribution is 2.27. The molecule has 4 rings (SSSR count). The van der Waals surface area contributed by atoms with E-state index in [-0.39, 0.29) is 5.91 Å². The third-order valence-corrected chi connectivity index (χ3v) is 5.75. The Morgan fingerprint density at radius 3 is 2.72 bits per heavy atom. The van der Waals surface area contributed by atoms with Crippen LogP contribution in [0.15, 0.2) is 48.2 Å². The average molecular weight is 351 g/mol. The first-order valence-corrected chi connectivity index (χ1v) is 9.72. The van der Waals surface area contributed by atoms with Crippen LogP contribution in [0.3, 0.4) is 0 Å². The van der Waals surface area contributed by atoms with Crippen LogP contribution in [0.25, 0.3) is 10.2 Å². The summed E-state index contributed by atoms with van der Waals surface area (Å²) in [6, 6.07) is 10.2. The highest BCUT2D eigenvalue weighted by atomic mass is 32.1. The molecule has 3 aromatic rings. The van der Waals surface area contributed by atoms with Gasteiger partial charge in [0.1, 0.15) is 0 Å². The molecule has 0 radical (unpaired) electrons. The van der Waals surface area contributed by atoms with Gasteiger partial charge in [0.25, 0.3) is 5.91 Å². The average Bonchev–Trinajstić information content (AvgIpc) is 3.15. The lowest BCUT2D eigenvalue weighted by Crippen LogP contribution is -2.41. The molecule has 4 nitrogen and oxygen atoms in total. The normalized spacial score (nSPS) is 15.4. The first kappa shape index (κ1) is 16.2. The molecule has 25 heavy (non-hydrogen) atoms. The molecule has 1 aliphatic rings. The Labute approximate surface area is 151 Å². The van der Waals surface area contributed by atoms with Gasteiger partial charge in [-0.05, 0) is 48.7 Å². The van der Waals surface area contributed by atoms with Crippen LogP contribution in [0.4, 0.5) is 0 Å². The standard InChI is InChI=1S/C20H21N3OS/c24-20(16-6-7-18-19(12-16)25-14-22-18)23(17-4-2-1-3-5-17)13-15-8-10-21-11-9-15/h6-12,14,17H,1-5,13H2. The number of hydrogen-bond acceptors (Lipinski definition) is 4. The van der Waals surface area contributed by atoms with Gasteiger partial charge in [-0.3, -0.25) is 9.78 Å². The molecule has 1 aromatic carbocycles. The van der Waals surface area contributed by atoms with Gasteiger partial charge in [0.05, 0.1) is 15.7 Å². The third-order valence-electron chi connectivity index (χ3n) is 4.96. The molecule has 0 N–H and O–H groups in total. The zero-order valence-electron chi connectivity index (χ0n) is 14.1. The van der Waals surface area contributed by atoms with E-state index in [2.05, 4.69) is 14.9 Å². The number of pyridine rings is 1. The summed E-state index contributed by atoms with van der Waals surface area (Å²) in [6.45, 7) is 0.646. The van der Waals surface area contributed by atoms with E-state index < -0.39 is 0 Å². The van der Waals surface area contributed by atoms with Crippen molar-refractivity contribution in [3.05, 3.63) is 59.4 Å². The molecule has 0 unspecified atom stereocenters. The van der Waals surface area contributed by atoms with Crippen LogP contribution < -0.4 is 0 Å². The lowest BCUT2D eigenvalue weighted by molar-refractivity contribution is 0.0614. The van der Waals surface area contributed by atoms with Crippen LogP contribution >= 0.6 is 11.3 Å². The number of rotatable bonds is 4. The number of aromatic nitrogens is 2. The lowest BCUT2D eigenvalue weighted by atomic mass is 9.93. The fourth-order valence-electron chi connectivity index (χ4n) is 3.60. The van der Waals surface area contributed by atoms with Gasteiger partial charge in [-0.1, -0.05) is 19.3 Å². The topological polar surface area (TPSA) is 46.1 Å². The van der Waals surface area contributed by atoms with Gasteiger partial charge in [0.2, 0.25) is 0 Å². The zero-order chi connectivity index (χ0) is 17.1. The van der Waals surface area contributed by atoms with E-state index in [0.717, 1.165) is 34.2 Å². The number of amides is 1. The van der Waals surface area contributed by atoms with E-state index >= 15 is 0 Å². The second-order valence-corrected chi connectivity index (χ2v) is 7.50. The fraction of sp³-hybridized carbons (Fsp3) is 0.350. The van der Waals surface area contributed by atoms with Crippen molar-refractivity contribution in [3.63, 3.8) is 0 Å². The van der Waals surface area contributed by atoms with Crippen LogP contribution in [0.1, 0.15) is 48.0 Å². The monoisotopic (exact) mass is 351 g/mol. The van der Waals surface area contributed by atoms with Crippen molar-refractivity contribution in [1.82, 2.24) is 14.9 Å². The lowest BCUT2D eigenvalue weighted by Gasteiger charge is -2.34. The summed E-state index contributed by atoms with van der Waals surface area (Å²) in [5, 5.41) is 0. The summed E-state index contributed by atoms with van der Waals surface area (Å²) in [4.78, 5) is 23.8. The largest absolute Gasteiger partial charge is 0.331 e. The minimum Gasteiger partial charge on any atom is -0.331 e. The van der Waals surface area contributed by atoms with E-state index in [1.54, 1.807) is 23.7 Å². The van der Waals surface area contributed by atoms with Crippen LogP contribution in [0, 0.1) is 0 Å². The summed E-state index contributed by atoms with van der Waals surface area (Å²) in [7, 11) is 0. The van der Waals surface area contributed by atoms with Crippen LogP contribution in [-0.4, -0.2) is 26.8 Å². The quantitative estimate of drug-likeness (QED) is 0.686. The molecular weight excluding hydrogens is 330 g/mol. The van der Waals surface area contributed by atoms with E-state index in [1.807, 2.05) is 35.8 Å². The zero-order valence-corrected chi connectivity index (χ0v) is 14.9. The van der Waals surface area contributed by atoms with Crippen molar-refractivity contribution in [2.45, 2.75) is 44.7 Å². The molecule has 5 heteroatoms. The Balaban J connectivity index is 1.64. The van der Waals surface area contributed by atoms with E-state index in [0.29, 0.717) is 12.6 Å². The third kappa shape index (κ3) is 3.56. The highest BCUT2D eigenvalue weighted by Gasteiger charge is 2.26. The summed E-state index contributed by atoms with van der Waals surface area (Å²) in [5.74, 6) is 0.124. The number of nitrogens with zero attached hydrogens (tertiary/aromatic N) is 3. The molecule has 0 atom stereocenters. The Hall–Kier alpha value is -2.27. The van der Waals surface area contributed by atoms with Crippen LogP contribution in [-0.2, 0) is 6.54 Å². The number of carbonyl (C=O) groups is 1. The van der Waals surface area contributed by atoms with Crippen LogP contribution in [0.5, 0.6) is 0 Å². The van der Waals surface area contributed by atoms with Gasteiger partial charge in [-0.15, -0.1) is 11.3 Å². The summed E-state index contributed by atoms with van der Waals surface area (Å²) >= 11 is 1.58. The van der Waals surface area contributed by atoms with Gasteiger partial charge in [0, 0.05) is 30.5 Å². The Bertz CT molecular complexity index is 856. The number of carbonyl (C=O) groups excluding carboxylic acids is 1. The molecular formula is C20H21N3OS. The van der Waals surface area contributed by atoms with E-state index in [9.17, 15) is 4.79 Å². The maximum atomic E-state index is 13.3. The molecule has 0 saturated heterocycles. The molecule has 2 aromatic heterocycles. The van der Waals surface area contributed by atoms with Crippen molar-refractivity contribution in [1.29, 1.82) is 0 Å². The van der Waals surface area contributed by atoms with Crippen molar-refractivity contribution in [3.8, 4) is 0 Å². The van der Waals surface area contributed by atoms with Gasteiger partial charge >= 0.3 is 0 Å². The van der Waals surface area contributed by atoms with Crippen molar-refractivity contribution < 1.29 is 4.79 Å². The molecule has 0 spiro atoms. The predicted octanol–water partition coefficient (Wildman–Crippen LogP) is 4.67. The Morgan fingerprint density at radius 1 is 1.12 bits per heavy atom. The maximum Gasteiger partial charge on any atom is 0.254 e. The summed E-state index contributed by atoms with van der Waals surface area (Å²) in [6.07, 6.45) is 9.47. The predicted molar refractivity (Wildman–Crippen MR) is 101 cm³/mol. The van der Waals surface area contributed by atoms with Crippen LogP contribution in [0.2, 0.25) is 0 Å². The summed E-state index contributed by atoms with van der Waals surface area (Å²) in [5.41, 5.74) is 4.68. The molecule has 128 valence electrons. The molecule has 0 bridgehead atoms. The molecule has 0 aliphatic heterocycles. The number of hydrogen-bond donors (Lipinski definition) is 0. The highest BCUT2D eigenvalue weighted by molar-refractivity contribution is 7.16. The molecule has 2 heterocycles. The van der Waals surface area contributed by atoms with Crippen molar-refractivity contribution >= 4 is 27.5 Å². The second-order valence-electron chi connectivity index (χ2n) is 6.62.